The monoisotopic (exact) mass is 350 g/mol. The van der Waals surface area contributed by atoms with Crippen molar-refractivity contribution in [2.75, 3.05) is 6.54 Å². The second-order valence-electron chi connectivity index (χ2n) is 5.47. The standard InChI is InChI=1S/C18H17F3N2O2/c1-11(12-2-4-13(19)5-3-12)23-17(24)8-9-22-18(25)15-7-6-14(20)10-16(15)21/h2-7,10-11H,8-9H2,1H3,(H,22,25)(H,23,24). The van der Waals surface area contributed by atoms with Crippen molar-refractivity contribution >= 4 is 11.8 Å². The smallest absolute Gasteiger partial charge is 0.254 e. The minimum atomic E-state index is -0.966. The highest BCUT2D eigenvalue weighted by Gasteiger charge is 2.13. The Hall–Kier alpha value is -2.83. The van der Waals surface area contributed by atoms with Gasteiger partial charge in [-0.2, -0.15) is 0 Å². The molecule has 0 spiro atoms. The highest BCUT2D eigenvalue weighted by molar-refractivity contribution is 5.94. The van der Waals surface area contributed by atoms with Gasteiger partial charge in [-0.1, -0.05) is 12.1 Å². The number of nitrogens with one attached hydrogen (secondary N) is 2. The molecule has 0 aromatic heterocycles. The van der Waals surface area contributed by atoms with Gasteiger partial charge < -0.3 is 10.6 Å². The van der Waals surface area contributed by atoms with Crippen LogP contribution in [0.5, 0.6) is 0 Å². The second kappa shape index (κ2) is 8.32. The second-order valence-corrected chi connectivity index (χ2v) is 5.47. The maximum Gasteiger partial charge on any atom is 0.254 e. The van der Waals surface area contributed by atoms with E-state index in [1.807, 2.05) is 0 Å². The average molecular weight is 350 g/mol. The normalized spacial score (nSPS) is 11.7. The lowest BCUT2D eigenvalue weighted by molar-refractivity contribution is -0.121. The Labute approximate surface area is 143 Å². The van der Waals surface area contributed by atoms with Crippen LogP contribution in [0.25, 0.3) is 0 Å². The third-order valence-corrected chi connectivity index (χ3v) is 3.56. The molecule has 1 unspecified atom stereocenters. The number of halogens is 3. The fraction of sp³-hybridized carbons (Fsp3) is 0.222. The van der Waals surface area contributed by atoms with E-state index in [1.54, 1.807) is 19.1 Å². The molecule has 0 aliphatic heterocycles. The Morgan fingerprint density at radius 1 is 1.00 bits per heavy atom. The first-order valence-corrected chi connectivity index (χ1v) is 7.65. The first-order valence-electron chi connectivity index (χ1n) is 7.65. The summed E-state index contributed by atoms with van der Waals surface area (Å²) in [6, 6.07) is 8.06. The lowest BCUT2D eigenvalue weighted by atomic mass is 10.1. The Bertz CT molecular complexity index is 763. The van der Waals surface area contributed by atoms with Crippen LogP contribution in [-0.2, 0) is 4.79 Å². The molecule has 25 heavy (non-hydrogen) atoms. The third-order valence-electron chi connectivity index (χ3n) is 3.56. The molecule has 0 heterocycles. The molecule has 1 atom stereocenters. The summed E-state index contributed by atoms with van der Waals surface area (Å²) in [5.74, 6) is -3.15. The molecule has 2 aromatic carbocycles. The van der Waals surface area contributed by atoms with Crippen molar-refractivity contribution in [3.8, 4) is 0 Å². The predicted molar refractivity (Wildman–Crippen MR) is 86.3 cm³/mol. The molecule has 4 nitrogen and oxygen atoms in total. The topological polar surface area (TPSA) is 58.2 Å². The number of carbonyl (C=O) groups is 2. The van der Waals surface area contributed by atoms with Crippen molar-refractivity contribution in [2.45, 2.75) is 19.4 Å². The molecule has 0 radical (unpaired) electrons. The molecular weight excluding hydrogens is 333 g/mol. The number of benzene rings is 2. The molecule has 2 N–H and O–H groups in total. The van der Waals surface area contributed by atoms with E-state index in [4.69, 9.17) is 0 Å². The molecule has 2 aromatic rings. The van der Waals surface area contributed by atoms with Gasteiger partial charge in [0.2, 0.25) is 5.91 Å². The number of amides is 2. The Morgan fingerprint density at radius 3 is 2.28 bits per heavy atom. The summed E-state index contributed by atoms with van der Waals surface area (Å²) in [4.78, 5) is 23.7. The van der Waals surface area contributed by atoms with Gasteiger partial charge in [0.25, 0.3) is 5.91 Å². The van der Waals surface area contributed by atoms with Crippen LogP contribution in [0.2, 0.25) is 0 Å². The van der Waals surface area contributed by atoms with E-state index in [-0.39, 0.29) is 36.3 Å². The molecule has 0 bridgehead atoms. The summed E-state index contributed by atoms with van der Waals surface area (Å²) in [5, 5.41) is 5.11. The first-order chi connectivity index (χ1) is 11.9. The maximum absolute atomic E-state index is 13.5. The van der Waals surface area contributed by atoms with Gasteiger partial charge in [0.05, 0.1) is 11.6 Å². The molecule has 2 amide bonds. The molecule has 0 saturated carbocycles. The molecule has 0 aliphatic carbocycles. The van der Waals surface area contributed by atoms with Crippen LogP contribution in [0, 0.1) is 17.5 Å². The predicted octanol–water partition coefficient (Wildman–Crippen LogP) is 3.10. The molecule has 2 rings (SSSR count). The summed E-state index contributed by atoms with van der Waals surface area (Å²) >= 11 is 0. The van der Waals surface area contributed by atoms with Crippen LogP contribution < -0.4 is 10.6 Å². The van der Waals surface area contributed by atoms with E-state index in [0.717, 1.165) is 17.7 Å². The zero-order valence-corrected chi connectivity index (χ0v) is 13.5. The van der Waals surface area contributed by atoms with Crippen LogP contribution in [0.15, 0.2) is 42.5 Å². The quantitative estimate of drug-likeness (QED) is 0.841. The summed E-state index contributed by atoms with van der Waals surface area (Å²) in [5.41, 5.74) is 0.452. The van der Waals surface area contributed by atoms with Crippen molar-refractivity contribution < 1.29 is 22.8 Å². The van der Waals surface area contributed by atoms with E-state index in [0.29, 0.717) is 6.07 Å². The SMILES string of the molecule is CC(NC(=O)CCNC(=O)c1ccc(F)cc1F)c1ccc(F)cc1. The van der Waals surface area contributed by atoms with Crippen LogP contribution in [-0.4, -0.2) is 18.4 Å². The minimum Gasteiger partial charge on any atom is -0.351 e. The van der Waals surface area contributed by atoms with Crippen LogP contribution in [0.4, 0.5) is 13.2 Å². The van der Waals surface area contributed by atoms with Gasteiger partial charge in [0.1, 0.15) is 17.5 Å². The Kier molecular flexibility index (Phi) is 6.16. The molecular formula is C18H17F3N2O2. The lowest BCUT2D eigenvalue weighted by Crippen LogP contribution is -2.32. The van der Waals surface area contributed by atoms with E-state index >= 15 is 0 Å². The zero-order chi connectivity index (χ0) is 18.4. The minimum absolute atomic E-state index is 0.00236. The molecule has 0 aliphatic rings. The zero-order valence-electron chi connectivity index (χ0n) is 13.5. The van der Waals surface area contributed by atoms with Gasteiger partial charge in [-0.25, -0.2) is 13.2 Å². The van der Waals surface area contributed by atoms with Crippen molar-refractivity contribution in [3.05, 3.63) is 71.0 Å². The van der Waals surface area contributed by atoms with Gasteiger partial charge in [-0.3, -0.25) is 9.59 Å². The van der Waals surface area contributed by atoms with E-state index in [2.05, 4.69) is 10.6 Å². The van der Waals surface area contributed by atoms with Crippen LogP contribution >= 0.6 is 0 Å². The van der Waals surface area contributed by atoms with Gasteiger partial charge in [0.15, 0.2) is 0 Å². The Balaban J connectivity index is 1.80. The maximum atomic E-state index is 13.5. The van der Waals surface area contributed by atoms with E-state index in [9.17, 15) is 22.8 Å². The highest BCUT2D eigenvalue weighted by atomic mass is 19.1. The van der Waals surface area contributed by atoms with Crippen LogP contribution in [0.1, 0.15) is 35.3 Å². The molecule has 0 fully saturated rings. The largest absolute Gasteiger partial charge is 0.351 e. The number of hydrogen-bond donors (Lipinski definition) is 2. The third kappa shape index (κ3) is 5.34. The van der Waals surface area contributed by atoms with E-state index < -0.39 is 17.5 Å². The summed E-state index contributed by atoms with van der Waals surface area (Å²) in [6.45, 7) is 1.75. The lowest BCUT2D eigenvalue weighted by Gasteiger charge is -2.14. The molecule has 132 valence electrons. The van der Waals surface area contributed by atoms with Crippen LogP contribution in [0.3, 0.4) is 0 Å². The van der Waals surface area contributed by atoms with E-state index in [1.165, 1.54) is 12.1 Å². The molecule has 0 saturated heterocycles. The van der Waals surface area contributed by atoms with Gasteiger partial charge >= 0.3 is 0 Å². The number of carbonyl (C=O) groups excluding carboxylic acids is 2. The van der Waals surface area contributed by atoms with Gasteiger partial charge in [-0.15, -0.1) is 0 Å². The summed E-state index contributed by atoms with van der Waals surface area (Å²) in [7, 11) is 0. The van der Waals surface area contributed by atoms with Crippen molar-refractivity contribution in [3.63, 3.8) is 0 Å². The van der Waals surface area contributed by atoms with Crippen molar-refractivity contribution in [1.29, 1.82) is 0 Å². The summed E-state index contributed by atoms with van der Waals surface area (Å²) < 4.78 is 39.1. The fourth-order valence-corrected chi connectivity index (χ4v) is 2.21. The van der Waals surface area contributed by atoms with Gasteiger partial charge in [0, 0.05) is 19.0 Å². The number of hydrogen-bond acceptors (Lipinski definition) is 2. The van der Waals surface area contributed by atoms with Gasteiger partial charge in [-0.05, 0) is 36.8 Å². The highest BCUT2D eigenvalue weighted by Crippen LogP contribution is 2.13. The van der Waals surface area contributed by atoms with Crippen molar-refractivity contribution in [1.82, 2.24) is 10.6 Å². The average Bonchev–Trinajstić information content (AvgIpc) is 2.55. The van der Waals surface area contributed by atoms with Crippen molar-refractivity contribution in [2.24, 2.45) is 0 Å². The number of rotatable bonds is 6. The summed E-state index contributed by atoms with van der Waals surface area (Å²) in [6.07, 6.45) is -0.0138. The molecule has 7 heteroatoms. The Morgan fingerprint density at radius 2 is 1.64 bits per heavy atom. The fourth-order valence-electron chi connectivity index (χ4n) is 2.21. The first kappa shape index (κ1) is 18.5.